The van der Waals surface area contributed by atoms with E-state index in [4.69, 9.17) is 0 Å². The molecule has 1 amide bonds. The van der Waals surface area contributed by atoms with Gasteiger partial charge in [-0.15, -0.1) is 0 Å². The SMILES string of the molecule is CC(=O)N(C)[C@H](C=O)Cc1ccccc1. The molecule has 0 saturated heterocycles. The third kappa shape index (κ3) is 3.20. The van der Waals surface area contributed by atoms with Crippen molar-refractivity contribution in [3.05, 3.63) is 35.9 Å². The van der Waals surface area contributed by atoms with E-state index < -0.39 is 0 Å². The Hall–Kier alpha value is -1.64. The zero-order valence-electron chi connectivity index (χ0n) is 9.01. The molecule has 0 radical (unpaired) electrons. The number of likely N-dealkylation sites (N-methyl/N-ethyl adjacent to an activating group) is 1. The van der Waals surface area contributed by atoms with Gasteiger partial charge in [0, 0.05) is 14.0 Å². The summed E-state index contributed by atoms with van der Waals surface area (Å²) in [6, 6.07) is 9.30. The van der Waals surface area contributed by atoms with Crippen molar-refractivity contribution in [2.45, 2.75) is 19.4 Å². The molecule has 1 rings (SSSR count). The molecule has 3 nitrogen and oxygen atoms in total. The number of benzene rings is 1. The summed E-state index contributed by atoms with van der Waals surface area (Å²) in [5, 5.41) is 0. The minimum absolute atomic E-state index is 0.0944. The van der Waals surface area contributed by atoms with Crippen molar-refractivity contribution in [2.24, 2.45) is 0 Å². The number of nitrogens with zero attached hydrogens (tertiary/aromatic N) is 1. The van der Waals surface area contributed by atoms with Crippen molar-refractivity contribution in [2.75, 3.05) is 7.05 Å². The van der Waals surface area contributed by atoms with Crippen LogP contribution >= 0.6 is 0 Å². The maximum atomic E-state index is 11.1. The highest BCUT2D eigenvalue weighted by molar-refractivity contribution is 5.77. The van der Waals surface area contributed by atoms with E-state index in [1.54, 1.807) is 7.05 Å². The summed E-state index contributed by atoms with van der Waals surface area (Å²) in [6.45, 7) is 1.46. The van der Waals surface area contributed by atoms with E-state index in [0.29, 0.717) is 6.42 Å². The zero-order chi connectivity index (χ0) is 11.3. The Balaban J connectivity index is 2.70. The molecule has 0 unspecified atom stereocenters. The Morgan fingerprint density at radius 2 is 2.00 bits per heavy atom. The van der Waals surface area contributed by atoms with Crippen molar-refractivity contribution >= 4 is 12.2 Å². The van der Waals surface area contributed by atoms with Crippen LogP contribution in [0.2, 0.25) is 0 Å². The number of amides is 1. The number of aldehydes is 1. The van der Waals surface area contributed by atoms with Gasteiger partial charge in [-0.05, 0) is 12.0 Å². The van der Waals surface area contributed by atoms with Gasteiger partial charge in [0.25, 0.3) is 0 Å². The van der Waals surface area contributed by atoms with Crippen molar-refractivity contribution in [1.82, 2.24) is 4.90 Å². The zero-order valence-corrected chi connectivity index (χ0v) is 9.01. The highest BCUT2D eigenvalue weighted by atomic mass is 16.2. The van der Waals surface area contributed by atoms with Crippen LogP contribution in [0.5, 0.6) is 0 Å². The molecule has 0 bridgehead atoms. The molecule has 1 aromatic rings. The summed E-state index contributed by atoms with van der Waals surface area (Å²) in [4.78, 5) is 23.4. The summed E-state index contributed by atoms with van der Waals surface area (Å²) in [5.74, 6) is -0.0944. The van der Waals surface area contributed by atoms with Crippen LogP contribution in [0.15, 0.2) is 30.3 Å². The van der Waals surface area contributed by atoms with Gasteiger partial charge in [0.2, 0.25) is 5.91 Å². The lowest BCUT2D eigenvalue weighted by Gasteiger charge is -2.22. The first-order chi connectivity index (χ1) is 7.15. The molecule has 0 aliphatic heterocycles. The minimum Gasteiger partial charge on any atom is -0.336 e. The van der Waals surface area contributed by atoms with Gasteiger partial charge in [-0.2, -0.15) is 0 Å². The van der Waals surface area contributed by atoms with E-state index in [1.165, 1.54) is 11.8 Å². The van der Waals surface area contributed by atoms with Gasteiger partial charge >= 0.3 is 0 Å². The third-order valence-electron chi connectivity index (χ3n) is 2.44. The lowest BCUT2D eigenvalue weighted by atomic mass is 10.1. The molecule has 0 aromatic heterocycles. The lowest BCUT2D eigenvalue weighted by Crippen LogP contribution is -2.38. The summed E-state index contributed by atoms with van der Waals surface area (Å²) < 4.78 is 0. The van der Waals surface area contributed by atoms with Crippen LogP contribution in [-0.2, 0) is 16.0 Å². The van der Waals surface area contributed by atoms with E-state index >= 15 is 0 Å². The highest BCUT2D eigenvalue weighted by Gasteiger charge is 2.16. The summed E-state index contributed by atoms with van der Waals surface area (Å²) in [7, 11) is 1.64. The van der Waals surface area contributed by atoms with Crippen molar-refractivity contribution in [3.63, 3.8) is 0 Å². The van der Waals surface area contributed by atoms with Crippen molar-refractivity contribution < 1.29 is 9.59 Å². The van der Waals surface area contributed by atoms with E-state index in [9.17, 15) is 9.59 Å². The quantitative estimate of drug-likeness (QED) is 0.694. The highest BCUT2D eigenvalue weighted by Crippen LogP contribution is 2.06. The fourth-order valence-electron chi connectivity index (χ4n) is 1.37. The summed E-state index contributed by atoms with van der Waals surface area (Å²) in [5.41, 5.74) is 1.06. The van der Waals surface area contributed by atoms with Crippen LogP contribution in [0.4, 0.5) is 0 Å². The standard InChI is InChI=1S/C12H15NO2/c1-10(15)13(2)12(9-14)8-11-6-4-3-5-7-11/h3-7,9,12H,8H2,1-2H3/t12-/m0/s1. The van der Waals surface area contributed by atoms with Gasteiger partial charge in [0.15, 0.2) is 0 Å². The Kier molecular flexibility index (Phi) is 4.03. The molecule has 1 atom stereocenters. The molecule has 0 N–H and O–H groups in total. The van der Waals surface area contributed by atoms with E-state index in [0.717, 1.165) is 11.8 Å². The molecule has 0 heterocycles. The molecule has 0 aliphatic rings. The van der Waals surface area contributed by atoms with Crippen LogP contribution in [0.3, 0.4) is 0 Å². The number of rotatable bonds is 4. The Morgan fingerprint density at radius 3 is 2.47 bits per heavy atom. The van der Waals surface area contributed by atoms with E-state index in [1.807, 2.05) is 30.3 Å². The van der Waals surface area contributed by atoms with Crippen molar-refractivity contribution in [3.8, 4) is 0 Å². The van der Waals surface area contributed by atoms with Gasteiger partial charge in [-0.25, -0.2) is 0 Å². The van der Waals surface area contributed by atoms with E-state index in [2.05, 4.69) is 0 Å². The van der Waals surface area contributed by atoms with E-state index in [-0.39, 0.29) is 11.9 Å². The minimum atomic E-state index is -0.370. The monoisotopic (exact) mass is 205 g/mol. The molecule has 80 valence electrons. The van der Waals surface area contributed by atoms with Gasteiger partial charge in [-0.3, -0.25) is 4.79 Å². The first-order valence-electron chi connectivity index (χ1n) is 4.87. The first-order valence-corrected chi connectivity index (χ1v) is 4.87. The van der Waals surface area contributed by atoms with Gasteiger partial charge in [0.05, 0.1) is 6.04 Å². The predicted octanol–water partition coefficient (Wildman–Crippen LogP) is 1.27. The Morgan fingerprint density at radius 1 is 1.40 bits per heavy atom. The summed E-state index contributed by atoms with van der Waals surface area (Å²) >= 11 is 0. The fraction of sp³-hybridized carbons (Fsp3) is 0.333. The maximum Gasteiger partial charge on any atom is 0.219 e. The normalized spacial score (nSPS) is 11.9. The molecular formula is C12H15NO2. The van der Waals surface area contributed by atoms with Gasteiger partial charge in [0.1, 0.15) is 6.29 Å². The Bertz CT molecular complexity index is 335. The van der Waals surface area contributed by atoms with Crippen LogP contribution in [0.25, 0.3) is 0 Å². The second kappa shape index (κ2) is 5.29. The largest absolute Gasteiger partial charge is 0.336 e. The fourth-order valence-corrected chi connectivity index (χ4v) is 1.37. The number of hydrogen-bond donors (Lipinski definition) is 0. The second-order valence-electron chi connectivity index (χ2n) is 3.52. The van der Waals surface area contributed by atoms with Gasteiger partial charge in [-0.1, -0.05) is 30.3 Å². The van der Waals surface area contributed by atoms with Crippen LogP contribution in [0.1, 0.15) is 12.5 Å². The molecule has 0 spiro atoms. The molecular weight excluding hydrogens is 190 g/mol. The summed E-state index contributed by atoms with van der Waals surface area (Å²) in [6.07, 6.45) is 1.38. The molecule has 0 fully saturated rings. The Labute approximate surface area is 89.7 Å². The average Bonchev–Trinajstić information content (AvgIpc) is 2.26. The third-order valence-corrected chi connectivity index (χ3v) is 2.44. The van der Waals surface area contributed by atoms with Crippen molar-refractivity contribution in [1.29, 1.82) is 0 Å². The molecule has 3 heteroatoms. The predicted molar refractivity (Wildman–Crippen MR) is 58.4 cm³/mol. The number of carbonyl (C=O) groups excluding carboxylic acids is 2. The molecule has 1 aromatic carbocycles. The maximum absolute atomic E-state index is 11.1. The number of carbonyl (C=O) groups is 2. The first kappa shape index (κ1) is 11.4. The molecule has 0 saturated carbocycles. The molecule has 0 aliphatic carbocycles. The number of hydrogen-bond acceptors (Lipinski definition) is 2. The average molecular weight is 205 g/mol. The van der Waals surface area contributed by atoms with Crippen LogP contribution < -0.4 is 0 Å². The lowest BCUT2D eigenvalue weighted by molar-refractivity contribution is -0.132. The smallest absolute Gasteiger partial charge is 0.219 e. The van der Waals surface area contributed by atoms with Crippen LogP contribution in [0, 0.1) is 0 Å². The van der Waals surface area contributed by atoms with Gasteiger partial charge < -0.3 is 9.69 Å². The molecule has 15 heavy (non-hydrogen) atoms. The topological polar surface area (TPSA) is 37.4 Å². The van der Waals surface area contributed by atoms with Crippen LogP contribution in [-0.4, -0.2) is 30.2 Å². The second-order valence-corrected chi connectivity index (χ2v) is 3.52.